The van der Waals surface area contributed by atoms with Crippen LogP contribution in [0.25, 0.3) is 0 Å². The third kappa shape index (κ3) is 2.99. The molecule has 0 radical (unpaired) electrons. The molecule has 0 aromatic heterocycles. The summed E-state index contributed by atoms with van der Waals surface area (Å²) < 4.78 is 0. The summed E-state index contributed by atoms with van der Waals surface area (Å²) in [5.41, 5.74) is 3.70. The Labute approximate surface area is 123 Å². The monoisotopic (exact) mass is 282 g/mol. The number of amides is 1. The van der Waals surface area contributed by atoms with E-state index in [4.69, 9.17) is 0 Å². The van der Waals surface area contributed by atoms with Gasteiger partial charge in [-0.25, -0.2) is 0 Å². The zero-order valence-corrected chi connectivity index (χ0v) is 11.7. The molecule has 2 aromatic rings. The van der Waals surface area contributed by atoms with Gasteiger partial charge in [0.2, 0.25) is 5.91 Å². The van der Waals surface area contributed by atoms with E-state index >= 15 is 0 Å². The molecular formula is C17H18N2O2. The summed E-state index contributed by atoms with van der Waals surface area (Å²) in [4.78, 5) is 12.2. The second-order valence-electron chi connectivity index (χ2n) is 5.22. The number of phenolic OH excluding ortho intramolecular Hbond substituents is 1. The highest BCUT2D eigenvalue weighted by Gasteiger charge is 2.14. The van der Waals surface area contributed by atoms with Gasteiger partial charge < -0.3 is 15.7 Å². The Morgan fingerprint density at radius 1 is 1.19 bits per heavy atom. The molecule has 0 aliphatic carbocycles. The Bertz CT molecular complexity index is 668. The lowest BCUT2D eigenvalue weighted by atomic mass is 10.0. The van der Waals surface area contributed by atoms with Crippen molar-refractivity contribution >= 4 is 17.3 Å². The number of carbonyl (C=O) groups is 1. The summed E-state index contributed by atoms with van der Waals surface area (Å²) in [5, 5.41) is 16.0. The summed E-state index contributed by atoms with van der Waals surface area (Å²) in [7, 11) is 0. The topological polar surface area (TPSA) is 61.4 Å². The van der Waals surface area contributed by atoms with Crippen molar-refractivity contribution in [2.24, 2.45) is 0 Å². The molecule has 1 aliphatic rings. The summed E-state index contributed by atoms with van der Waals surface area (Å²) in [6, 6.07) is 12.9. The maximum atomic E-state index is 12.2. The van der Waals surface area contributed by atoms with Crippen LogP contribution in [0.5, 0.6) is 5.75 Å². The predicted octanol–water partition coefficient (Wildman–Crippen LogP) is 2.93. The number of aryl methyl sites for hydroxylation is 1. The number of anilines is 2. The first-order valence-electron chi connectivity index (χ1n) is 7.16. The standard InChI is InChI=1S/C17H18N2O2/c20-15-9-2-1-5-13(15)11-16(21)19-14-8-3-6-12-7-4-10-18-17(12)14/h1-3,5-6,8-9,18,20H,4,7,10-11H2,(H,19,21). The Hall–Kier alpha value is -2.49. The fraction of sp³-hybridized carbons (Fsp3) is 0.235. The molecule has 4 nitrogen and oxygen atoms in total. The molecule has 0 unspecified atom stereocenters. The summed E-state index contributed by atoms with van der Waals surface area (Å²) in [6.45, 7) is 0.930. The largest absolute Gasteiger partial charge is 0.508 e. The Kier molecular flexibility index (Phi) is 3.77. The highest BCUT2D eigenvalue weighted by atomic mass is 16.3. The number of nitrogens with one attached hydrogen (secondary N) is 2. The van der Waals surface area contributed by atoms with Crippen LogP contribution in [0.1, 0.15) is 17.5 Å². The number of carbonyl (C=O) groups excluding carboxylic acids is 1. The summed E-state index contributed by atoms with van der Waals surface area (Å²) in [6.07, 6.45) is 2.31. The summed E-state index contributed by atoms with van der Waals surface area (Å²) >= 11 is 0. The SMILES string of the molecule is O=C(Cc1ccccc1O)Nc1cccc2c1NCCC2. The van der Waals surface area contributed by atoms with E-state index in [0.717, 1.165) is 30.8 Å². The predicted molar refractivity (Wildman–Crippen MR) is 83.7 cm³/mol. The van der Waals surface area contributed by atoms with E-state index in [1.807, 2.05) is 18.2 Å². The number of hydrogen-bond acceptors (Lipinski definition) is 3. The summed E-state index contributed by atoms with van der Waals surface area (Å²) in [5.74, 6) is 0.0261. The van der Waals surface area contributed by atoms with Crippen LogP contribution in [0.2, 0.25) is 0 Å². The van der Waals surface area contributed by atoms with Crippen molar-refractivity contribution in [1.29, 1.82) is 0 Å². The van der Waals surface area contributed by atoms with Crippen LogP contribution in [0.4, 0.5) is 11.4 Å². The van der Waals surface area contributed by atoms with E-state index < -0.39 is 0 Å². The van der Waals surface area contributed by atoms with Crippen molar-refractivity contribution in [3.8, 4) is 5.75 Å². The van der Waals surface area contributed by atoms with Crippen LogP contribution >= 0.6 is 0 Å². The quantitative estimate of drug-likeness (QED) is 0.811. The molecule has 0 atom stereocenters. The normalized spacial score (nSPS) is 13.1. The van der Waals surface area contributed by atoms with Crippen LogP contribution in [0.15, 0.2) is 42.5 Å². The fourth-order valence-corrected chi connectivity index (χ4v) is 2.64. The first-order chi connectivity index (χ1) is 10.2. The minimum atomic E-state index is -0.128. The van der Waals surface area contributed by atoms with Crippen molar-refractivity contribution in [3.05, 3.63) is 53.6 Å². The maximum absolute atomic E-state index is 12.2. The van der Waals surface area contributed by atoms with Gasteiger partial charge in [0.15, 0.2) is 0 Å². The van der Waals surface area contributed by atoms with Crippen LogP contribution in [0, 0.1) is 0 Å². The van der Waals surface area contributed by atoms with Gasteiger partial charge in [-0.1, -0.05) is 30.3 Å². The second kappa shape index (κ2) is 5.87. The van der Waals surface area contributed by atoms with Crippen molar-refractivity contribution in [2.75, 3.05) is 17.2 Å². The lowest BCUT2D eigenvalue weighted by Gasteiger charge is -2.21. The molecule has 0 spiro atoms. The minimum absolute atomic E-state index is 0.128. The number of para-hydroxylation sites is 2. The Morgan fingerprint density at radius 2 is 2.05 bits per heavy atom. The van der Waals surface area contributed by atoms with E-state index in [1.165, 1.54) is 5.56 Å². The first kappa shape index (κ1) is 13.5. The molecule has 108 valence electrons. The lowest BCUT2D eigenvalue weighted by Crippen LogP contribution is -2.18. The number of fused-ring (bicyclic) bond motifs is 1. The number of phenols is 1. The number of benzene rings is 2. The molecule has 1 aliphatic heterocycles. The zero-order chi connectivity index (χ0) is 14.7. The van der Waals surface area contributed by atoms with E-state index in [0.29, 0.717) is 5.56 Å². The first-order valence-corrected chi connectivity index (χ1v) is 7.16. The number of rotatable bonds is 3. The zero-order valence-electron chi connectivity index (χ0n) is 11.7. The average molecular weight is 282 g/mol. The lowest BCUT2D eigenvalue weighted by molar-refractivity contribution is -0.115. The molecule has 3 N–H and O–H groups in total. The molecule has 0 saturated carbocycles. The van der Waals surface area contributed by atoms with Crippen molar-refractivity contribution < 1.29 is 9.90 Å². The highest BCUT2D eigenvalue weighted by Crippen LogP contribution is 2.30. The smallest absolute Gasteiger partial charge is 0.228 e. The third-order valence-corrected chi connectivity index (χ3v) is 3.69. The van der Waals surface area contributed by atoms with Gasteiger partial charge in [-0.05, 0) is 30.5 Å². The molecule has 2 aromatic carbocycles. The molecule has 4 heteroatoms. The van der Waals surface area contributed by atoms with Crippen molar-refractivity contribution in [3.63, 3.8) is 0 Å². The Balaban J connectivity index is 1.75. The maximum Gasteiger partial charge on any atom is 0.228 e. The van der Waals surface area contributed by atoms with Crippen LogP contribution < -0.4 is 10.6 Å². The highest BCUT2D eigenvalue weighted by molar-refractivity contribution is 5.96. The molecule has 3 rings (SSSR count). The van der Waals surface area contributed by atoms with Gasteiger partial charge in [-0.3, -0.25) is 4.79 Å². The van der Waals surface area contributed by atoms with Crippen molar-refractivity contribution in [2.45, 2.75) is 19.3 Å². The number of hydrogen-bond donors (Lipinski definition) is 3. The van der Waals surface area contributed by atoms with E-state index in [9.17, 15) is 9.90 Å². The van der Waals surface area contributed by atoms with Gasteiger partial charge in [0.05, 0.1) is 17.8 Å². The fourth-order valence-electron chi connectivity index (χ4n) is 2.64. The molecule has 0 bridgehead atoms. The minimum Gasteiger partial charge on any atom is -0.508 e. The van der Waals surface area contributed by atoms with Gasteiger partial charge in [0, 0.05) is 12.1 Å². The van der Waals surface area contributed by atoms with Crippen LogP contribution in [-0.2, 0) is 17.6 Å². The second-order valence-corrected chi connectivity index (χ2v) is 5.22. The number of aromatic hydroxyl groups is 1. The van der Waals surface area contributed by atoms with Crippen molar-refractivity contribution in [1.82, 2.24) is 0 Å². The average Bonchev–Trinajstić information content (AvgIpc) is 2.50. The molecule has 1 heterocycles. The molecule has 21 heavy (non-hydrogen) atoms. The van der Waals surface area contributed by atoms with E-state index in [2.05, 4.69) is 16.7 Å². The van der Waals surface area contributed by atoms with E-state index in [-0.39, 0.29) is 18.1 Å². The van der Waals surface area contributed by atoms with E-state index in [1.54, 1.807) is 18.2 Å². The van der Waals surface area contributed by atoms with Crippen LogP contribution in [0.3, 0.4) is 0 Å². The molecule has 1 amide bonds. The Morgan fingerprint density at radius 3 is 2.90 bits per heavy atom. The van der Waals surface area contributed by atoms with Crippen LogP contribution in [-0.4, -0.2) is 17.6 Å². The molecule has 0 saturated heterocycles. The van der Waals surface area contributed by atoms with Gasteiger partial charge in [-0.2, -0.15) is 0 Å². The van der Waals surface area contributed by atoms with Gasteiger partial charge in [-0.15, -0.1) is 0 Å². The van der Waals surface area contributed by atoms with Gasteiger partial charge >= 0.3 is 0 Å². The molecule has 0 fully saturated rings. The third-order valence-electron chi connectivity index (χ3n) is 3.69. The molecular weight excluding hydrogens is 264 g/mol. The van der Waals surface area contributed by atoms with Gasteiger partial charge in [0.25, 0.3) is 0 Å². The van der Waals surface area contributed by atoms with Gasteiger partial charge in [0.1, 0.15) is 5.75 Å².